The summed E-state index contributed by atoms with van der Waals surface area (Å²) in [5, 5.41) is 0. The first-order valence-electron chi connectivity index (χ1n) is 5.65. The van der Waals surface area contributed by atoms with Gasteiger partial charge < -0.3 is 17.7 Å². The third kappa shape index (κ3) is 4.18. The molecule has 16 heavy (non-hydrogen) atoms. The Labute approximate surface area is 94.5 Å². The maximum absolute atomic E-state index is 12.4. The molecule has 2 nitrogen and oxygen atoms in total. The summed E-state index contributed by atoms with van der Waals surface area (Å²) in [6.45, 7) is 1.93. The second kappa shape index (κ2) is 5.73. The second-order valence-electron chi connectivity index (χ2n) is 4.19. The minimum absolute atomic E-state index is 0.0762. The molecule has 1 aliphatic rings. The van der Waals surface area contributed by atoms with Gasteiger partial charge in [-0.2, -0.15) is 0 Å². The summed E-state index contributed by atoms with van der Waals surface area (Å²) in [6, 6.07) is 0. The van der Waals surface area contributed by atoms with Gasteiger partial charge in [-0.3, -0.25) is 4.90 Å². The summed E-state index contributed by atoms with van der Waals surface area (Å²) >= 11 is 0. The molecule has 94 valence electrons. The molecule has 0 bridgehead atoms. The molecule has 0 radical (unpaired) electrons. The zero-order valence-electron chi connectivity index (χ0n) is 9.59. The van der Waals surface area contributed by atoms with E-state index < -0.39 is 12.4 Å². The van der Waals surface area contributed by atoms with Gasteiger partial charge in [0.05, 0.1) is 6.10 Å². The van der Waals surface area contributed by atoms with Crippen molar-refractivity contribution in [1.29, 1.82) is 0 Å². The van der Waals surface area contributed by atoms with Crippen molar-refractivity contribution >= 4 is 6.98 Å². The van der Waals surface area contributed by atoms with Crippen molar-refractivity contribution in [3.05, 3.63) is 12.1 Å². The topological polar surface area (TPSA) is 12.5 Å². The molecule has 1 fully saturated rings. The van der Waals surface area contributed by atoms with Gasteiger partial charge in [0.1, 0.15) is 0 Å². The zero-order valence-corrected chi connectivity index (χ0v) is 9.59. The van der Waals surface area contributed by atoms with Gasteiger partial charge in [-0.05, 0) is 32.9 Å². The summed E-state index contributed by atoms with van der Waals surface area (Å²) in [5.74, 6) is 0. The van der Waals surface area contributed by atoms with Gasteiger partial charge in [0.2, 0.25) is 0 Å². The molecule has 0 saturated carbocycles. The van der Waals surface area contributed by atoms with E-state index in [0.29, 0.717) is 19.7 Å². The molecule has 1 saturated heterocycles. The van der Waals surface area contributed by atoms with Crippen molar-refractivity contribution in [1.82, 2.24) is 4.90 Å². The van der Waals surface area contributed by atoms with E-state index in [9.17, 15) is 12.9 Å². The van der Waals surface area contributed by atoms with Crippen molar-refractivity contribution in [3.63, 3.8) is 0 Å². The Morgan fingerprint density at radius 2 is 2.19 bits per heavy atom. The molecule has 0 amide bonds. The fourth-order valence-corrected chi connectivity index (χ4v) is 1.92. The van der Waals surface area contributed by atoms with E-state index in [4.69, 9.17) is 4.74 Å². The fraction of sp³-hybridized carbons (Fsp3) is 0.800. The molecule has 1 atom stereocenters. The minimum atomic E-state index is -4.90. The van der Waals surface area contributed by atoms with Crippen LogP contribution in [-0.2, 0) is 4.74 Å². The third-order valence-electron chi connectivity index (χ3n) is 2.75. The van der Waals surface area contributed by atoms with Crippen molar-refractivity contribution in [2.24, 2.45) is 0 Å². The number of hydrogen-bond acceptors (Lipinski definition) is 2. The number of nitrogens with zero attached hydrogens (tertiary/aromatic N) is 1. The van der Waals surface area contributed by atoms with E-state index in [1.54, 1.807) is 4.90 Å². The molecule has 6 heteroatoms. The number of hydrogen-bond donors (Lipinski definition) is 0. The second-order valence-corrected chi connectivity index (χ2v) is 4.19. The Morgan fingerprint density at radius 3 is 2.75 bits per heavy atom. The standard InChI is InChI=1S/C10H18BF3NO/c1-3-16-10-5-4-6-15(8-10)7-9(2)11(12,13)14/h10H,2-8H2,1H3/q-1. The molecule has 0 aromatic carbocycles. The number of ether oxygens (including phenoxy) is 1. The number of rotatable bonds is 5. The Balaban J connectivity index is 2.40. The van der Waals surface area contributed by atoms with E-state index in [-0.39, 0.29) is 12.6 Å². The molecule has 1 aliphatic heterocycles. The van der Waals surface area contributed by atoms with Crippen LogP contribution in [0.4, 0.5) is 12.9 Å². The Morgan fingerprint density at radius 1 is 1.50 bits per heavy atom. The van der Waals surface area contributed by atoms with Crippen molar-refractivity contribution in [3.8, 4) is 0 Å². The maximum atomic E-state index is 12.4. The van der Waals surface area contributed by atoms with Crippen LogP contribution in [0.25, 0.3) is 0 Å². The van der Waals surface area contributed by atoms with Gasteiger partial charge in [0, 0.05) is 13.2 Å². The van der Waals surface area contributed by atoms with Crippen LogP contribution in [-0.4, -0.2) is 44.2 Å². The first-order valence-corrected chi connectivity index (χ1v) is 5.65. The highest BCUT2D eigenvalue weighted by atomic mass is 19.4. The summed E-state index contributed by atoms with van der Waals surface area (Å²) < 4.78 is 42.5. The molecule has 1 heterocycles. The van der Waals surface area contributed by atoms with Gasteiger partial charge in [-0.1, -0.05) is 0 Å². The van der Waals surface area contributed by atoms with Crippen molar-refractivity contribution < 1.29 is 17.7 Å². The van der Waals surface area contributed by atoms with Crippen molar-refractivity contribution in [2.75, 3.05) is 26.2 Å². The SMILES string of the molecule is C=C(CN1CCCC(OCC)C1)[B-](F)(F)F. The lowest BCUT2D eigenvalue weighted by Gasteiger charge is -2.34. The van der Waals surface area contributed by atoms with E-state index >= 15 is 0 Å². The molecule has 0 aromatic rings. The van der Waals surface area contributed by atoms with Gasteiger partial charge in [-0.15, -0.1) is 12.1 Å². The lowest BCUT2D eigenvalue weighted by Crippen LogP contribution is -2.42. The predicted octanol–water partition coefficient (Wildman–Crippen LogP) is 2.43. The molecular weight excluding hydrogens is 218 g/mol. The van der Waals surface area contributed by atoms with E-state index in [0.717, 1.165) is 12.8 Å². The van der Waals surface area contributed by atoms with Crippen LogP contribution < -0.4 is 0 Å². The molecule has 0 aliphatic carbocycles. The van der Waals surface area contributed by atoms with Crippen molar-refractivity contribution in [2.45, 2.75) is 25.9 Å². The van der Waals surface area contributed by atoms with Crippen LogP contribution in [0.2, 0.25) is 0 Å². The highest BCUT2D eigenvalue weighted by Crippen LogP contribution is 2.21. The van der Waals surface area contributed by atoms with Crippen LogP contribution in [0.5, 0.6) is 0 Å². The van der Waals surface area contributed by atoms with E-state index in [1.807, 2.05) is 6.92 Å². The summed E-state index contributed by atoms with van der Waals surface area (Å²) in [7, 11) is 0. The summed E-state index contributed by atoms with van der Waals surface area (Å²) in [5.41, 5.74) is -0.614. The van der Waals surface area contributed by atoms with Crippen LogP contribution in [0, 0.1) is 0 Å². The van der Waals surface area contributed by atoms with Gasteiger partial charge in [-0.25, -0.2) is 0 Å². The smallest absolute Gasteiger partial charge is 0.445 e. The molecule has 1 unspecified atom stereocenters. The summed E-state index contributed by atoms with van der Waals surface area (Å²) in [4.78, 5) is 1.78. The van der Waals surface area contributed by atoms with Gasteiger partial charge in [0.15, 0.2) is 0 Å². The first kappa shape index (κ1) is 13.6. The van der Waals surface area contributed by atoms with Crippen LogP contribution in [0.3, 0.4) is 0 Å². The Bertz CT molecular complexity index is 243. The molecule has 0 N–H and O–H groups in total. The van der Waals surface area contributed by atoms with E-state index in [1.165, 1.54) is 0 Å². The quantitative estimate of drug-likeness (QED) is 0.679. The predicted molar refractivity (Wildman–Crippen MR) is 59.3 cm³/mol. The Hall–Kier alpha value is -0.485. The lowest BCUT2D eigenvalue weighted by atomic mass is 9.80. The number of likely N-dealkylation sites (tertiary alicyclic amines) is 1. The number of piperidine rings is 1. The first-order chi connectivity index (χ1) is 7.43. The average Bonchev–Trinajstić information content (AvgIpc) is 2.17. The monoisotopic (exact) mass is 236 g/mol. The van der Waals surface area contributed by atoms with Crippen LogP contribution in [0.15, 0.2) is 12.1 Å². The Kier molecular flexibility index (Phi) is 4.86. The normalized spacial score (nSPS) is 23.4. The zero-order chi connectivity index (χ0) is 12.2. The average molecular weight is 236 g/mol. The summed E-state index contributed by atoms with van der Waals surface area (Å²) in [6.07, 6.45) is 1.91. The highest BCUT2D eigenvalue weighted by Gasteiger charge is 2.29. The number of halogens is 3. The third-order valence-corrected chi connectivity index (χ3v) is 2.75. The maximum Gasteiger partial charge on any atom is 0.506 e. The van der Waals surface area contributed by atoms with Crippen LogP contribution >= 0.6 is 0 Å². The van der Waals surface area contributed by atoms with E-state index in [2.05, 4.69) is 6.58 Å². The fourth-order valence-electron chi connectivity index (χ4n) is 1.92. The largest absolute Gasteiger partial charge is 0.506 e. The van der Waals surface area contributed by atoms with Crippen LogP contribution in [0.1, 0.15) is 19.8 Å². The molecular formula is C10H18BF3NO-. The lowest BCUT2D eigenvalue weighted by molar-refractivity contribution is 0.00873. The highest BCUT2D eigenvalue weighted by molar-refractivity contribution is 6.66. The molecule has 1 rings (SSSR count). The van der Waals surface area contributed by atoms with Gasteiger partial charge >= 0.3 is 6.98 Å². The minimum Gasteiger partial charge on any atom is -0.445 e. The van der Waals surface area contributed by atoms with Gasteiger partial charge in [0.25, 0.3) is 0 Å². The molecule has 0 aromatic heterocycles. The molecule has 0 spiro atoms.